The summed E-state index contributed by atoms with van der Waals surface area (Å²) < 4.78 is 32.9. The maximum absolute atomic E-state index is 13.3. The SMILES string of the molecule is CCOCCNc1nc(C)c(-c2nc3ccccc3s2)c(N[C@]2(O)CC[C@H](C(F)F)[C@H]2O)n1. The summed E-state index contributed by atoms with van der Waals surface area (Å²) in [4.78, 5) is 13.7. The van der Waals surface area contributed by atoms with Crippen molar-refractivity contribution in [2.24, 2.45) is 5.92 Å². The van der Waals surface area contributed by atoms with Gasteiger partial charge in [0, 0.05) is 13.2 Å². The van der Waals surface area contributed by atoms with Gasteiger partial charge in [0.1, 0.15) is 16.9 Å². The van der Waals surface area contributed by atoms with E-state index in [2.05, 4.69) is 25.6 Å². The van der Waals surface area contributed by atoms with Gasteiger partial charge >= 0.3 is 0 Å². The fourth-order valence-electron chi connectivity index (χ4n) is 4.01. The number of aromatic nitrogens is 3. The number of fused-ring (bicyclic) bond motifs is 1. The van der Waals surface area contributed by atoms with Gasteiger partial charge in [-0.25, -0.2) is 18.7 Å². The van der Waals surface area contributed by atoms with Gasteiger partial charge in [-0.2, -0.15) is 4.98 Å². The third-order valence-corrected chi connectivity index (χ3v) is 6.80. The molecule has 1 aliphatic carbocycles. The number of thiazole rings is 1. The van der Waals surface area contributed by atoms with Crippen LogP contribution in [0.3, 0.4) is 0 Å². The molecule has 0 unspecified atom stereocenters. The van der Waals surface area contributed by atoms with E-state index in [0.29, 0.717) is 42.0 Å². The highest BCUT2D eigenvalue weighted by molar-refractivity contribution is 7.21. The molecular formula is C22H27F2N5O3S. The molecule has 3 atom stereocenters. The van der Waals surface area contributed by atoms with E-state index in [0.717, 1.165) is 10.2 Å². The predicted molar refractivity (Wildman–Crippen MR) is 124 cm³/mol. The lowest BCUT2D eigenvalue weighted by Crippen LogP contribution is -2.48. The summed E-state index contributed by atoms with van der Waals surface area (Å²) in [5.74, 6) is -0.807. The van der Waals surface area contributed by atoms with E-state index in [9.17, 15) is 19.0 Å². The number of nitrogens with one attached hydrogen (secondary N) is 2. The molecule has 0 amide bonds. The number of aliphatic hydroxyl groups is 2. The molecule has 2 heterocycles. The summed E-state index contributed by atoms with van der Waals surface area (Å²) in [6.07, 6.45) is -4.44. The fourth-order valence-corrected chi connectivity index (χ4v) is 5.07. The normalized spacial score (nSPS) is 22.9. The van der Waals surface area contributed by atoms with Crippen LogP contribution in [0.15, 0.2) is 24.3 Å². The topological polar surface area (TPSA) is 112 Å². The molecule has 178 valence electrons. The van der Waals surface area contributed by atoms with Crippen molar-refractivity contribution < 1.29 is 23.7 Å². The van der Waals surface area contributed by atoms with Gasteiger partial charge in [0.05, 0.1) is 34.0 Å². The number of alkyl halides is 2. The Morgan fingerprint density at radius 2 is 2.06 bits per heavy atom. The average molecular weight is 480 g/mol. The number of aryl methyl sites for hydroxylation is 1. The van der Waals surface area contributed by atoms with Crippen molar-refractivity contribution in [1.82, 2.24) is 15.0 Å². The molecule has 11 heteroatoms. The first kappa shape index (κ1) is 23.7. The van der Waals surface area contributed by atoms with Crippen LogP contribution in [0, 0.1) is 12.8 Å². The van der Waals surface area contributed by atoms with Gasteiger partial charge in [0.25, 0.3) is 0 Å². The molecule has 3 aromatic rings. The number of rotatable bonds is 9. The number of ether oxygens (including phenoxy) is 1. The lowest BCUT2D eigenvalue weighted by atomic mass is 10.0. The first-order chi connectivity index (χ1) is 15.8. The standard InChI is InChI=1S/C22H27F2N5O3S/c1-3-32-11-10-25-21-26-12(2)16(20-27-14-6-4-5-7-15(14)33-20)19(28-21)29-22(31)9-8-13(17(22)30)18(23)24/h4-7,13,17-18,30-31H,3,8-11H2,1-2H3,(H2,25,26,28,29)/t13-,17+,22-/m0/s1. The van der Waals surface area contributed by atoms with Crippen molar-refractivity contribution in [2.75, 3.05) is 30.4 Å². The zero-order valence-corrected chi connectivity index (χ0v) is 19.2. The molecule has 1 aromatic carbocycles. The molecule has 33 heavy (non-hydrogen) atoms. The quantitative estimate of drug-likeness (QED) is 0.272. The molecule has 1 aliphatic rings. The summed E-state index contributed by atoms with van der Waals surface area (Å²) in [5.41, 5.74) is -0.00518. The Balaban J connectivity index is 1.72. The maximum atomic E-state index is 13.3. The summed E-state index contributed by atoms with van der Waals surface area (Å²) in [6.45, 7) is 5.20. The molecule has 0 saturated heterocycles. The van der Waals surface area contributed by atoms with Crippen molar-refractivity contribution in [3.63, 3.8) is 0 Å². The Kier molecular flexibility index (Phi) is 7.03. The first-order valence-electron chi connectivity index (χ1n) is 10.9. The summed E-state index contributed by atoms with van der Waals surface area (Å²) >= 11 is 1.44. The lowest BCUT2D eigenvalue weighted by Gasteiger charge is -2.31. The van der Waals surface area contributed by atoms with Gasteiger partial charge in [-0.1, -0.05) is 12.1 Å². The van der Waals surface area contributed by atoms with E-state index < -0.39 is 24.2 Å². The van der Waals surface area contributed by atoms with Crippen LogP contribution in [0.2, 0.25) is 0 Å². The fraction of sp³-hybridized carbons (Fsp3) is 0.500. The second kappa shape index (κ2) is 9.80. The van der Waals surface area contributed by atoms with Gasteiger partial charge < -0.3 is 25.6 Å². The van der Waals surface area contributed by atoms with Gasteiger partial charge in [-0.3, -0.25) is 0 Å². The number of hydrogen-bond acceptors (Lipinski definition) is 9. The van der Waals surface area contributed by atoms with Crippen molar-refractivity contribution in [2.45, 2.75) is 44.9 Å². The monoisotopic (exact) mass is 479 g/mol. The Hall–Kier alpha value is -2.47. The van der Waals surface area contributed by atoms with Crippen LogP contribution in [-0.2, 0) is 4.74 Å². The van der Waals surface area contributed by atoms with Crippen LogP contribution < -0.4 is 10.6 Å². The molecule has 4 N–H and O–H groups in total. The molecule has 1 fully saturated rings. The minimum atomic E-state index is -2.73. The second-order valence-electron chi connectivity index (χ2n) is 8.00. The number of anilines is 2. The molecule has 4 rings (SSSR count). The molecule has 0 radical (unpaired) electrons. The zero-order chi connectivity index (χ0) is 23.6. The molecule has 1 saturated carbocycles. The minimum absolute atomic E-state index is 0.0116. The molecule has 0 aliphatic heterocycles. The molecule has 0 bridgehead atoms. The van der Waals surface area contributed by atoms with E-state index in [1.54, 1.807) is 6.92 Å². The minimum Gasteiger partial charge on any atom is -0.388 e. The third kappa shape index (κ3) is 4.91. The zero-order valence-electron chi connectivity index (χ0n) is 18.4. The van der Waals surface area contributed by atoms with Crippen molar-refractivity contribution in [3.05, 3.63) is 30.0 Å². The van der Waals surface area contributed by atoms with Crippen molar-refractivity contribution in [1.29, 1.82) is 0 Å². The van der Waals surface area contributed by atoms with Crippen LogP contribution in [0.1, 0.15) is 25.5 Å². The van der Waals surface area contributed by atoms with Gasteiger partial charge in [0.2, 0.25) is 12.4 Å². The van der Waals surface area contributed by atoms with Gasteiger partial charge in [-0.15, -0.1) is 11.3 Å². The van der Waals surface area contributed by atoms with E-state index in [4.69, 9.17) is 4.74 Å². The number of aliphatic hydroxyl groups excluding tert-OH is 1. The number of para-hydroxylation sites is 1. The molecule has 8 nitrogen and oxygen atoms in total. The van der Waals surface area contributed by atoms with Crippen LogP contribution in [-0.4, -0.2) is 63.2 Å². The highest BCUT2D eigenvalue weighted by Gasteiger charge is 2.50. The van der Waals surface area contributed by atoms with Crippen LogP contribution >= 0.6 is 11.3 Å². The largest absolute Gasteiger partial charge is 0.388 e. The van der Waals surface area contributed by atoms with E-state index >= 15 is 0 Å². The maximum Gasteiger partial charge on any atom is 0.244 e. The van der Waals surface area contributed by atoms with Crippen LogP contribution in [0.25, 0.3) is 20.8 Å². The number of hydrogen-bond donors (Lipinski definition) is 4. The highest BCUT2D eigenvalue weighted by atomic mass is 32.1. The Morgan fingerprint density at radius 1 is 1.27 bits per heavy atom. The smallest absolute Gasteiger partial charge is 0.244 e. The summed E-state index contributed by atoms with van der Waals surface area (Å²) in [6, 6.07) is 7.65. The molecule has 0 spiro atoms. The van der Waals surface area contributed by atoms with Gasteiger partial charge in [0.15, 0.2) is 5.72 Å². The highest BCUT2D eigenvalue weighted by Crippen LogP contribution is 2.42. The third-order valence-electron chi connectivity index (χ3n) is 5.74. The van der Waals surface area contributed by atoms with Crippen molar-refractivity contribution in [3.8, 4) is 10.6 Å². The van der Waals surface area contributed by atoms with Crippen molar-refractivity contribution >= 4 is 33.3 Å². The van der Waals surface area contributed by atoms with E-state index in [1.165, 1.54) is 11.3 Å². The van der Waals surface area contributed by atoms with E-state index in [-0.39, 0.29) is 18.7 Å². The Morgan fingerprint density at radius 3 is 2.76 bits per heavy atom. The van der Waals surface area contributed by atoms with Gasteiger partial charge in [-0.05, 0) is 38.8 Å². The Labute approximate surface area is 194 Å². The first-order valence-corrected chi connectivity index (χ1v) is 11.7. The molecule has 2 aromatic heterocycles. The van der Waals surface area contributed by atoms with E-state index in [1.807, 2.05) is 31.2 Å². The number of benzene rings is 1. The van der Waals surface area contributed by atoms with Crippen LogP contribution in [0.5, 0.6) is 0 Å². The summed E-state index contributed by atoms with van der Waals surface area (Å²) in [7, 11) is 0. The second-order valence-corrected chi connectivity index (χ2v) is 9.03. The predicted octanol–water partition coefficient (Wildman–Crippen LogP) is 3.65. The van der Waals surface area contributed by atoms with Crippen LogP contribution in [0.4, 0.5) is 20.5 Å². The number of nitrogens with zero attached hydrogens (tertiary/aromatic N) is 3. The molecular weight excluding hydrogens is 452 g/mol. The summed E-state index contributed by atoms with van der Waals surface area (Å²) in [5, 5.41) is 28.1. The average Bonchev–Trinajstić information content (AvgIpc) is 3.32. The number of halogens is 2. The lowest BCUT2D eigenvalue weighted by molar-refractivity contribution is -0.0763. The Bertz CT molecular complexity index is 1080.